The van der Waals surface area contributed by atoms with Gasteiger partial charge in [-0.25, -0.2) is 0 Å². The molecule has 1 rings (SSSR count). The average Bonchev–Trinajstić information content (AvgIpc) is 2.64. The van der Waals surface area contributed by atoms with Gasteiger partial charge in [0.25, 0.3) is 0 Å². The predicted molar refractivity (Wildman–Crippen MR) is 62.7 cm³/mol. The molecule has 1 N–H and O–H groups in total. The standard InChI is InChI=1S/C12H18OS/c1-3-4-7-12(2,13)8-5-11-6-9-14-10-11/h3,6,9-10,13H,1,4-5,7-8H2,2H3. The van der Waals surface area contributed by atoms with Crippen LogP contribution >= 0.6 is 11.3 Å². The van der Waals surface area contributed by atoms with E-state index in [1.807, 2.05) is 13.0 Å². The van der Waals surface area contributed by atoms with Crippen molar-refractivity contribution in [1.82, 2.24) is 0 Å². The minimum Gasteiger partial charge on any atom is -0.390 e. The molecule has 2 heteroatoms. The number of aliphatic hydroxyl groups is 1. The first kappa shape index (κ1) is 11.5. The highest BCUT2D eigenvalue weighted by Gasteiger charge is 2.18. The number of rotatable bonds is 6. The molecule has 1 atom stereocenters. The van der Waals surface area contributed by atoms with Crippen molar-refractivity contribution in [1.29, 1.82) is 0 Å². The summed E-state index contributed by atoms with van der Waals surface area (Å²) >= 11 is 1.71. The highest BCUT2D eigenvalue weighted by Crippen LogP contribution is 2.20. The second-order valence-corrected chi connectivity index (χ2v) is 4.74. The Morgan fingerprint density at radius 3 is 2.93 bits per heavy atom. The van der Waals surface area contributed by atoms with Crippen molar-refractivity contribution in [3.63, 3.8) is 0 Å². The van der Waals surface area contributed by atoms with Gasteiger partial charge in [0.05, 0.1) is 5.60 Å². The molecule has 1 aromatic rings. The Labute approximate surface area is 90.1 Å². The molecule has 0 spiro atoms. The highest BCUT2D eigenvalue weighted by molar-refractivity contribution is 7.07. The Kier molecular flexibility index (Phi) is 4.36. The van der Waals surface area contributed by atoms with Gasteiger partial charge in [-0.3, -0.25) is 0 Å². The lowest BCUT2D eigenvalue weighted by molar-refractivity contribution is 0.0433. The van der Waals surface area contributed by atoms with Crippen LogP contribution in [0.3, 0.4) is 0 Å². The Balaban J connectivity index is 2.32. The molecule has 0 saturated heterocycles. The van der Waals surface area contributed by atoms with Gasteiger partial charge in [0.2, 0.25) is 0 Å². The Bertz CT molecular complexity index is 262. The number of hydrogen-bond acceptors (Lipinski definition) is 2. The molecule has 0 fully saturated rings. The number of aryl methyl sites for hydroxylation is 1. The quantitative estimate of drug-likeness (QED) is 0.713. The molecule has 0 aliphatic heterocycles. The minimum atomic E-state index is -0.546. The van der Waals surface area contributed by atoms with E-state index in [0.717, 1.165) is 25.7 Å². The molecule has 14 heavy (non-hydrogen) atoms. The fourth-order valence-corrected chi connectivity index (χ4v) is 2.09. The molecule has 0 aliphatic carbocycles. The van der Waals surface area contributed by atoms with Crippen molar-refractivity contribution < 1.29 is 5.11 Å². The smallest absolute Gasteiger partial charge is 0.0625 e. The zero-order chi connectivity index (χ0) is 10.4. The van der Waals surface area contributed by atoms with Crippen molar-refractivity contribution in [2.24, 2.45) is 0 Å². The summed E-state index contributed by atoms with van der Waals surface area (Å²) in [4.78, 5) is 0. The first-order valence-electron chi connectivity index (χ1n) is 4.98. The zero-order valence-corrected chi connectivity index (χ0v) is 9.52. The molecule has 0 amide bonds. The fourth-order valence-electron chi connectivity index (χ4n) is 1.39. The van der Waals surface area contributed by atoms with E-state index in [1.165, 1.54) is 5.56 Å². The summed E-state index contributed by atoms with van der Waals surface area (Å²) in [5.41, 5.74) is 0.782. The van der Waals surface area contributed by atoms with Crippen LogP contribution < -0.4 is 0 Å². The summed E-state index contributed by atoms with van der Waals surface area (Å²) in [6.45, 7) is 5.57. The van der Waals surface area contributed by atoms with Crippen LogP contribution in [0.1, 0.15) is 31.7 Å². The van der Waals surface area contributed by atoms with E-state index in [1.54, 1.807) is 11.3 Å². The normalized spacial score (nSPS) is 15.0. The van der Waals surface area contributed by atoms with Crippen LogP contribution in [-0.4, -0.2) is 10.7 Å². The van der Waals surface area contributed by atoms with Crippen molar-refractivity contribution in [2.75, 3.05) is 0 Å². The van der Waals surface area contributed by atoms with E-state index < -0.39 is 5.60 Å². The average molecular weight is 210 g/mol. The molecule has 1 aromatic heterocycles. The van der Waals surface area contributed by atoms with Gasteiger partial charge in [0.15, 0.2) is 0 Å². The maximum absolute atomic E-state index is 10.0. The van der Waals surface area contributed by atoms with Crippen LogP contribution in [0, 0.1) is 0 Å². The van der Waals surface area contributed by atoms with Crippen molar-refractivity contribution in [3.8, 4) is 0 Å². The highest BCUT2D eigenvalue weighted by atomic mass is 32.1. The van der Waals surface area contributed by atoms with Gasteiger partial charge in [-0.2, -0.15) is 11.3 Å². The molecule has 0 radical (unpaired) electrons. The minimum absolute atomic E-state index is 0.546. The lowest BCUT2D eigenvalue weighted by Gasteiger charge is -2.22. The van der Waals surface area contributed by atoms with Crippen LogP contribution in [0.15, 0.2) is 29.5 Å². The summed E-state index contributed by atoms with van der Waals surface area (Å²) in [6, 6.07) is 2.12. The molecule has 0 saturated carbocycles. The maximum Gasteiger partial charge on any atom is 0.0625 e. The van der Waals surface area contributed by atoms with Gasteiger partial charge in [-0.15, -0.1) is 6.58 Å². The molecule has 1 nitrogen and oxygen atoms in total. The topological polar surface area (TPSA) is 20.2 Å². The lowest BCUT2D eigenvalue weighted by Crippen LogP contribution is -2.24. The molecule has 1 unspecified atom stereocenters. The Hall–Kier alpha value is -0.600. The zero-order valence-electron chi connectivity index (χ0n) is 8.70. The number of allylic oxidation sites excluding steroid dienone is 1. The SMILES string of the molecule is C=CCCC(C)(O)CCc1ccsc1. The van der Waals surface area contributed by atoms with E-state index >= 15 is 0 Å². The Morgan fingerprint density at radius 1 is 1.57 bits per heavy atom. The summed E-state index contributed by atoms with van der Waals surface area (Å²) in [6.07, 6.45) is 5.35. The van der Waals surface area contributed by atoms with E-state index in [0.29, 0.717) is 0 Å². The molecule has 0 aliphatic rings. The van der Waals surface area contributed by atoms with Gasteiger partial charge in [0.1, 0.15) is 0 Å². The molecule has 1 heterocycles. The fraction of sp³-hybridized carbons (Fsp3) is 0.500. The van der Waals surface area contributed by atoms with Gasteiger partial charge in [0, 0.05) is 0 Å². The first-order valence-corrected chi connectivity index (χ1v) is 5.93. The summed E-state index contributed by atoms with van der Waals surface area (Å²) < 4.78 is 0. The van der Waals surface area contributed by atoms with Crippen LogP contribution in [0.5, 0.6) is 0 Å². The van der Waals surface area contributed by atoms with E-state index in [4.69, 9.17) is 0 Å². The second-order valence-electron chi connectivity index (χ2n) is 3.96. The third-order valence-electron chi connectivity index (χ3n) is 2.42. The number of thiophene rings is 1. The van der Waals surface area contributed by atoms with E-state index in [-0.39, 0.29) is 0 Å². The van der Waals surface area contributed by atoms with Crippen molar-refractivity contribution in [2.45, 2.75) is 38.2 Å². The molecular weight excluding hydrogens is 192 g/mol. The summed E-state index contributed by atoms with van der Waals surface area (Å²) in [5.74, 6) is 0. The number of hydrogen-bond donors (Lipinski definition) is 1. The van der Waals surface area contributed by atoms with Gasteiger partial charge >= 0.3 is 0 Å². The monoisotopic (exact) mass is 210 g/mol. The Morgan fingerprint density at radius 2 is 2.36 bits per heavy atom. The largest absolute Gasteiger partial charge is 0.390 e. The van der Waals surface area contributed by atoms with Crippen LogP contribution in [-0.2, 0) is 6.42 Å². The lowest BCUT2D eigenvalue weighted by atomic mass is 9.93. The van der Waals surface area contributed by atoms with Crippen LogP contribution in [0.4, 0.5) is 0 Å². The van der Waals surface area contributed by atoms with Gasteiger partial charge in [-0.05, 0) is 55.0 Å². The van der Waals surface area contributed by atoms with Crippen molar-refractivity contribution in [3.05, 3.63) is 35.0 Å². The third kappa shape index (κ3) is 4.07. The predicted octanol–water partition coefficient (Wildman–Crippen LogP) is 3.40. The third-order valence-corrected chi connectivity index (χ3v) is 3.15. The van der Waals surface area contributed by atoms with E-state index in [9.17, 15) is 5.11 Å². The molecule has 0 aromatic carbocycles. The first-order chi connectivity index (χ1) is 6.64. The van der Waals surface area contributed by atoms with Crippen molar-refractivity contribution >= 4 is 11.3 Å². The van der Waals surface area contributed by atoms with Gasteiger partial charge in [-0.1, -0.05) is 6.08 Å². The van der Waals surface area contributed by atoms with Crippen LogP contribution in [0.25, 0.3) is 0 Å². The van der Waals surface area contributed by atoms with Gasteiger partial charge < -0.3 is 5.11 Å². The van der Waals surface area contributed by atoms with E-state index in [2.05, 4.69) is 23.4 Å². The molecule has 0 bridgehead atoms. The molecular formula is C12H18OS. The second kappa shape index (κ2) is 5.32. The molecule has 78 valence electrons. The maximum atomic E-state index is 10.0. The summed E-state index contributed by atoms with van der Waals surface area (Å²) in [5, 5.41) is 14.2. The van der Waals surface area contributed by atoms with Crippen LogP contribution in [0.2, 0.25) is 0 Å². The summed E-state index contributed by atoms with van der Waals surface area (Å²) in [7, 11) is 0.